The highest BCUT2D eigenvalue weighted by Gasteiger charge is 2.29. The third kappa shape index (κ3) is 3.04. The number of rotatable bonds is 2. The lowest BCUT2D eigenvalue weighted by molar-refractivity contribution is 0.408. The molecule has 17 heavy (non-hydrogen) atoms. The molecule has 94 valence electrons. The van der Waals surface area contributed by atoms with Crippen molar-refractivity contribution in [1.29, 1.82) is 0 Å². The zero-order chi connectivity index (χ0) is 12.5. The van der Waals surface area contributed by atoms with E-state index in [1.807, 2.05) is 0 Å². The molecule has 0 spiro atoms. The van der Waals surface area contributed by atoms with E-state index in [9.17, 15) is 12.8 Å². The van der Waals surface area contributed by atoms with E-state index in [0.717, 1.165) is 5.56 Å². The van der Waals surface area contributed by atoms with Gasteiger partial charge in [-0.05, 0) is 37.1 Å². The van der Waals surface area contributed by atoms with Crippen molar-refractivity contribution in [2.75, 3.05) is 12.8 Å². The standard InChI is InChI=1S/C12H16FNO2S/c1-17(15,16)11-6-7-14-12(8-11)9-2-4-10(13)5-3-9/h2-5,11-12,14H,6-8H2,1H3/t11-,12+/m1/s1. The van der Waals surface area contributed by atoms with Crippen molar-refractivity contribution in [2.45, 2.75) is 24.1 Å². The van der Waals surface area contributed by atoms with Crippen LogP contribution in [0.1, 0.15) is 24.4 Å². The molecule has 1 fully saturated rings. The summed E-state index contributed by atoms with van der Waals surface area (Å²) in [6.07, 6.45) is 2.49. The van der Waals surface area contributed by atoms with Gasteiger partial charge in [0, 0.05) is 12.3 Å². The molecule has 0 aromatic heterocycles. The molecule has 1 heterocycles. The summed E-state index contributed by atoms with van der Waals surface area (Å²) in [5.74, 6) is -0.274. The minimum absolute atomic E-state index is 0.00377. The van der Waals surface area contributed by atoms with Crippen molar-refractivity contribution in [2.24, 2.45) is 0 Å². The molecule has 0 radical (unpaired) electrons. The Morgan fingerprint density at radius 1 is 1.29 bits per heavy atom. The lowest BCUT2D eigenvalue weighted by atomic mass is 9.97. The van der Waals surface area contributed by atoms with Gasteiger partial charge in [0.05, 0.1) is 5.25 Å². The van der Waals surface area contributed by atoms with Crippen LogP contribution in [0.15, 0.2) is 24.3 Å². The fourth-order valence-corrected chi connectivity index (χ4v) is 3.31. The Morgan fingerprint density at radius 3 is 2.53 bits per heavy atom. The van der Waals surface area contributed by atoms with Crippen LogP contribution in [0.2, 0.25) is 0 Å². The highest BCUT2D eigenvalue weighted by molar-refractivity contribution is 7.91. The first kappa shape index (κ1) is 12.5. The minimum Gasteiger partial charge on any atom is -0.310 e. The molecule has 0 unspecified atom stereocenters. The number of piperidine rings is 1. The average Bonchev–Trinajstić information content (AvgIpc) is 2.29. The highest BCUT2D eigenvalue weighted by atomic mass is 32.2. The minimum atomic E-state index is -2.99. The molecule has 1 N–H and O–H groups in total. The Bertz CT molecular complexity index is 484. The van der Waals surface area contributed by atoms with E-state index in [4.69, 9.17) is 0 Å². The number of nitrogens with one attached hydrogen (secondary N) is 1. The quantitative estimate of drug-likeness (QED) is 0.876. The number of sulfone groups is 1. The molecule has 1 aliphatic rings. The van der Waals surface area contributed by atoms with Gasteiger partial charge < -0.3 is 5.32 Å². The van der Waals surface area contributed by atoms with Gasteiger partial charge in [-0.1, -0.05) is 12.1 Å². The van der Waals surface area contributed by atoms with Crippen LogP contribution in [-0.2, 0) is 9.84 Å². The molecule has 2 atom stereocenters. The Hall–Kier alpha value is -0.940. The highest BCUT2D eigenvalue weighted by Crippen LogP contribution is 2.26. The van der Waals surface area contributed by atoms with Crippen molar-refractivity contribution < 1.29 is 12.8 Å². The second-order valence-electron chi connectivity index (χ2n) is 4.53. The molecule has 3 nitrogen and oxygen atoms in total. The van der Waals surface area contributed by atoms with E-state index < -0.39 is 9.84 Å². The zero-order valence-electron chi connectivity index (χ0n) is 9.69. The summed E-state index contributed by atoms with van der Waals surface area (Å²) >= 11 is 0. The summed E-state index contributed by atoms with van der Waals surface area (Å²) < 4.78 is 35.9. The topological polar surface area (TPSA) is 46.2 Å². The molecule has 2 rings (SSSR count). The van der Waals surface area contributed by atoms with E-state index in [1.165, 1.54) is 18.4 Å². The van der Waals surface area contributed by atoms with Crippen LogP contribution < -0.4 is 5.32 Å². The first-order chi connectivity index (χ1) is 7.97. The maximum atomic E-state index is 12.8. The zero-order valence-corrected chi connectivity index (χ0v) is 10.5. The first-order valence-electron chi connectivity index (χ1n) is 5.64. The molecule has 1 aromatic rings. The van der Waals surface area contributed by atoms with Crippen LogP contribution in [0.3, 0.4) is 0 Å². The van der Waals surface area contributed by atoms with Crippen molar-refractivity contribution in [3.8, 4) is 0 Å². The Labute approximate surface area is 101 Å². The normalized spacial score (nSPS) is 25.8. The fourth-order valence-electron chi connectivity index (χ4n) is 2.22. The van der Waals surface area contributed by atoms with Gasteiger partial charge in [-0.3, -0.25) is 0 Å². The molecule has 1 aliphatic heterocycles. The fraction of sp³-hybridized carbons (Fsp3) is 0.500. The Kier molecular flexibility index (Phi) is 3.49. The van der Waals surface area contributed by atoms with Crippen LogP contribution in [0, 0.1) is 5.82 Å². The summed E-state index contributed by atoms with van der Waals surface area (Å²) in [6.45, 7) is 0.680. The molecule has 0 amide bonds. The van der Waals surface area contributed by atoms with Gasteiger partial charge in [-0.2, -0.15) is 0 Å². The maximum absolute atomic E-state index is 12.8. The number of benzene rings is 1. The molecule has 1 saturated heterocycles. The smallest absolute Gasteiger partial charge is 0.150 e. The van der Waals surface area contributed by atoms with Crippen molar-refractivity contribution in [3.05, 3.63) is 35.6 Å². The second kappa shape index (κ2) is 4.74. The maximum Gasteiger partial charge on any atom is 0.150 e. The SMILES string of the molecule is CS(=O)(=O)[C@@H]1CCN[C@H](c2ccc(F)cc2)C1. The van der Waals surface area contributed by atoms with E-state index in [1.54, 1.807) is 12.1 Å². The molecule has 0 aliphatic carbocycles. The molecule has 0 bridgehead atoms. The predicted octanol–water partition coefficient (Wildman–Crippen LogP) is 1.66. The van der Waals surface area contributed by atoms with Crippen molar-refractivity contribution in [3.63, 3.8) is 0 Å². The largest absolute Gasteiger partial charge is 0.310 e. The van der Waals surface area contributed by atoms with E-state index >= 15 is 0 Å². The second-order valence-corrected chi connectivity index (χ2v) is 6.86. The molecule has 5 heteroatoms. The molecular weight excluding hydrogens is 241 g/mol. The lowest BCUT2D eigenvalue weighted by Gasteiger charge is -2.29. The Balaban J connectivity index is 2.15. The summed E-state index contributed by atoms with van der Waals surface area (Å²) in [4.78, 5) is 0. The van der Waals surface area contributed by atoms with Gasteiger partial charge in [0.2, 0.25) is 0 Å². The summed E-state index contributed by atoms with van der Waals surface area (Å²) in [6, 6.07) is 6.22. The lowest BCUT2D eigenvalue weighted by Crippen LogP contribution is -2.37. The van der Waals surface area contributed by atoms with Crippen LogP contribution in [0.4, 0.5) is 4.39 Å². The van der Waals surface area contributed by atoms with Gasteiger partial charge >= 0.3 is 0 Å². The van der Waals surface area contributed by atoms with Crippen molar-refractivity contribution >= 4 is 9.84 Å². The van der Waals surface area contributed by atoms with Gasteiger partial charge in [-0.15, -0.1) is 0 Å². The number of hydrogen-bond acceptors (Lipinski definition) is 3. The summed E-state index contributed by atoms with van der Waals surface area (Å²) in [5.41, 5.74) is 0.944. The van der Waals surface area contributed by atoms with Crippen LogP contribution in [0.25, 0.3) is 0 Å². The van der Waals surface area contributed by atoms with Gasteiger partial charge in [-0.25, -0.2) is 12.8 Å². The third-order valence-corrected chi connectivity index (χ3v) is 4.87. The van der Waals surface area contributed by atoms with E-state index in [2.05, 4.69) is 5.32 Å². The van der Waals surface area contributed by atoms with Gasteiger partial charge in [0.1, 0.15) is 15.7 Å². The van der Waals surface area contributed by atoms with Crippen LogP contribution in [0.5, 0.6) is 0 Å². The molecular formula is C12H16FNO2S. The first-order valence-corrected chi connectivity index (χ1v) is 7.60. The third-order valence-electron chi connectivity index (χ3n) is 3.23. The van der Waals surface area contributed by atoms with Crippen molar-refractivity contribution in [1.82, 2.24) is 5.32 Å². The van der Waals surface area contributed by atoms with Crippen LogP contribution >= 0.6 is 0 Å². The van der Waals surface area contributed by atoms with Crippen LogP contribution in [-0.4, -0.2) is 26.5 Å². The summed E-state index contributed by atoms with van der Waals surface area (Å²) in [7, 11) is -2.99. The average molecular weight is 257 g/mol. The number of hydrogen-bond donors (Lipinski definition) is 1. The Morgan fingerprint density at radius 2 is 1.94 bits per heavy atom. The van der Waals surface area contributed by atoms with E-state index in [0.29, 0.717) is 19.4 Å². The van der Waals surface area contributed by atoms with Gasteiger partial charge in [0.15, 0.2) is 0 Å². The molecule has 1 aromatic carbocycles. The van der Waals surface area contributed by atoms with E-state index in [-0.39, 0.29) is 17.1 Å². The number of halogens is 1. The predicted molar refractivity (Wildman–Crippen MR) is 65.0 cm³/mol. The van der Waals surface area contributed by atoms with Gasteiger partial charge in [0.25, 0.3) is 0 Å². The monoisotopic (exact) mass is 257 g/mol. The molecule has 0 saturated carbocycles. The summed E-state index contributed by atoms with van der Waals surface area (Å²) in [5, 5.41) is 2.98.